The Kier molecular flexibility index (Phi) is 5.85. The fraction of sp³-hybridized carbons (Fsp3) is 0.312. The number of amides is 2. The Morgan fingerprint density at radius 3 is 2.42 bits per heavy atom. The van der Waals surface area contributed by atoms with Gasteiger partial charge in [0.05, 0.1) is 22.7 Å². The number of alkyl carbamates (subject to hydrolysis) is 1. The minimum atomic E-state index is -0.759. The zero-order chi connectivity index (χ0) is 17.9. The second-order valence-corrected chi connectivity index (χ2v) is 6.28. The van der Waals surface area contributed by atoms with Gasteiger partial charge in [-0.05, 0) is 30.2 Å². The molecule has 1 aromatic carbocycles. The first-order valence-electron chi connectivity index (χ1n) is 7.23. The summed E-state index contributed by atoms with van der Waals surface area (Å²) in [6.45, 7) is 3.62. The number of aromatic nitrogens is 1. The maximum atomic E-state index is 12.4. The highest BCUT2D eigenvalue weighted by atomic mass is 35.5. The molecule has 0 bridgehead atoms. The molecule has 24 heavy (non-hydrogen) atoms. The summed E-state index contributed by atoms with van der Waals surface area (Å²) < 4.78 is 4.54. The number of halogens is 2. The first kappa shape index (κ1) is 18.3. The number of carbonyl (C=O) groups is 2. The van der Waals surface area contributed by atoms with E-state index in [4.69, 9.17) is 23.2 Å². The number of ether oxygens (including phenoxy) is 1. The molecule has 0 radical (unpaired) electrons. The molecule has 0 fully saturated rings. The minimum Gasteiger partial charge on any atom is -0.453 e. The number of carbonyl (C=O) groups excluding carboxylic acids is 2. The van der Waals surface area contributed by atoms with E-state index in [-0.39, 0.29) is 5.92 Å². The molecule has 1 heterocycles. The lowest BCUT2D eigenvalue weighted by Crippen LogP contribution is -2.47. The average molecular weight is 370 g/mol. The predicted molar refractivity (Wildman–Crippen MR) is 94.6 cm³/mol. The van der Waals surface area contributed by atoms with Gasteiger partial charge in [0.15, 0.2) is 0 Å². The van der Waals surface area contributed by atoms with Gasteiger partial charge in [0.25, 0.3) is 0 Å². The molecule has 0 saturated carbocycles. The van der Waals surface area contributed by atoms with Crippen LogP contribution in [0.3, 0.4) is 0 Å². The topological polar surface area (TPSA) is 80.3 Å². The molecule has 128 valence electrons. The van der Waals surface area contributed by atoms with E-state index in [0.29, 0.717) is 26.8 Å². The van der Waals surface area contributed by atoms with Crippen LogP contribution in [0.15, 0.2) is 24.3 Å². The van der Waals surface area contributed by atoms with E-state index < -0.39 is 18.0 Å². The summed E-state index contributed by atoms with van der Waals surface area (Å²) in [6, 6.07) is 5.91. The lowest BCUT2D eigenvalue weighted by molar-refractivity contribution is -0.119. The highest BCUT2D eigenvalue weighted by Gasteiger charge is 2.25. The Hall–Kier alpha value is -2.05. The number of nitrogens with zero attached hydrogens (tertiary/aromatic N) is 1. The third-order valence-electron chi connectivity index (χ3n) is 3.41. The Balaban J connectivity index is 2.26. The van der Waals surface area contributed by atoms with Gasteiger partial charge in [0.1, 0.15) is 11.9 Å². The number of pyridine rings is 1. The normalized spacial score (nSPS) is 12.1. The Morgan fingerprint density at radius 1 is 1.12 bits per heavy atom. The van der Waals surface area contributed by atoms with Gasteiger partial charge >= 0.3 is 6.09 Å². The van der Waals surface area contributed by atoms with Gasteiger partial charge in [0.2, 0.25) is 5.91 Å². The molecule has 2 N–H and O–H groups in total. The van der Waals surface area contributed by atoms with Crippen molar-refractivity contribution in [1.82, 2.24) is 10.3 Å². The van der Waals surface area contributed by atoms with Crippen LogP contribution in [0.5, 0.6) is 0 Å². The van der Waals surface area contributed by atoms with Crippen molar-refractivity contribution < 1.29 is 14.3 Å². The average Bonchev–Trinajstić information content (AvgIpc) is 2.55. The first-order valence-corrected chi connectivity index (χ1v) is 7.99. The molecular weight excluding hydrogens is 353 g/mol. The van der Waals surface area contributed by atoms with Crippen molar-refractivity contribution >= 4 is 51.9 Å². The van der Waals surface area contributed by atoms with Crippen molar-refractivity contribution in [3.63, 3.8) is 0 Å². The monoisotopic (exact) mass is 369 g/mol. The van der Waals surface area contributed by atoms with Crippen molar-refractivity contribution in [2.45, 2.75) is 19.9 Å². The minimum absolute atomic E-state index is 0.136. The lowest BCUT2D eigenvalue weighted by atomic mass is 10.0. The smallest absolute Gasteiger partial charge is 0.407 e. The fourth-order valence-corrected chi connectivity index (χ4v) is 2.57. The summed E-state index contributed by atoms with van der Waals surface area (Å²) in [4.78, 5) is 28.1. The zero-order valence-electron chi connectivity index (χ0n) is 13.4. The van der Waals surface area contributed by atoms with Gasteiger partial charge in [-0.25, -0.2) is 9.78 Å². The molecule has 8 heteroatoms. The molecule has 1 aromatic heterocycles. The number of rotatable bonds is 4. The molecule has 0 saturated heterocycles. The van der Waals surface area contributed by atoms with Crippen LogP contribution in [0.2, 0.25) is 10.0 Å². The van der Waals surface area contributed by atoms with E-state index in [1.165, 1.54) is 7.11 Å². The fourth-order valence-electron chi connectivity index (χ4n) is 2.14. The van der Waals surface area contributed by atoms with Crippen LogP contribution in [-0.2, 0) is 9.53 Å². The summed E-state index contributed by atoms with van der Waals surface area (Å²) in [7, 11) is 1.24. The maximum absolute atomic E-state index is 12.4. The van der Waals surface area contributed by atoms with E-state index in [2.05, 4.69) is 20.4 Å². The van der Waals surface area contributed by atoms with Crippen molar-refractivity contribution in [2.24, 2.45) is 5.92 Å². The molecule has 0 aliphatic heterocycles. The Labute approximate surface area is 149 Å². The first-order chi connectivity index (χ1) is 11.3. The number of fused-ring (bicyclic) bond motifs is 1. The third kappa shape index (κ3) is 4.07. The van der Waals surface area contributed by atoms with Crippen molar-refractivity contribution in [2.75, 3.05) is 12.4 Å². The number of hydrogen-bond donors (Lipinski definition) is 2. The molecule has 1 atom stereocenters. The van der Waals surface area contributed by atoms with Crippen LogP contribution in [0.25, 0.3) is 10.9 Å². The predicted octanol–water partition coefficient (Wildman–Crippen LogP) is 3.86. The second kappa shape index (κ2) is 7.68. The molecule has 0 aliphatic carbocycles. The van der Waals surface area contributed by atoms with Crippen LogP contribution < -0.4 is 10.6 Å². The van der Waals surface area contributed by atoms with Gasteiger partial charge in [-0.3, -0.25) is 4.79 Å². The van der Waals surface area contributed by atoms with E-state index in [1.807, 2.05) is 13.8 Å². The summed E-state index contributed by atoms with van der Waals surface area (Å²) >= 11 is 12.2. The zero-order valence-corrected chi connectivity index (χ0v) is 14.9. The maximum Gasteiger partial charge on any atom is 0.407 e. The number of hydrogen-bond acceptors (Lipinski definition) is 4. The van der Waals surface area contributed by atoms with E-state index in [1.54, 1.807) is 24.3 Å². The van der Waals surface area contributed by atoms with Gasteiger partial charge < -0.3 is 15.4 Å². The second-order valence-electron chi connectivity index (χ2n) is 5.47. The molecule has 1 unspecified atom stereocenters. The molecule has 0 aliphatic rings. The molecule has 0 spiro atoms. The summed E-state index contributed by atoms with van der Waals surface area (Å²) in [5.41, 5.74) is 0.490. The van der Waals surface area contributed by atoms with E-state index in [9.17, 15) is 9.59 Å². The summed E-state index contributed by atoms with van der Waals surface area (Å²) in [5.74, 6) is -0.225. The molecule has 2 rings (SSSR count). The standard InChI is InChI=1S/C16H17Cl2N3O3/c1-8(2)13(21-16(23)24-3)15(22)20-12-7-4-9-10(17)5-6-11(18)14(9)19-12/h4-8,13H,1-3H3,(H,21,23)(H,19,20,22). The number of benzene rings is 1. The Bertz CT molecular complexity index is 780. The lowest BCUT2D eigenvalue weighted by Gasteiger charge is -2.20. The summed E-state index contributed by atoms with van der Waals surface area (Å²) in [5, 5.41) is 6.81. The highest BCUT2D eigenvalue weighted by Crippen LogP contribution is 2.29. The molecule has 6 nitrogen and oxygen atoms in total. The SMILES string of the molecule is COC(=O)NC(C(=O)Nc1ccc2c(Cl)ccc(Cl)c2n1)C(C)C. The van der Waals surface area contributed by atoms with Gasteiger partial charge in [-0.15, -0.1) is 0 Å². The van der Waals surface area contributed by atoms with Crippen molar-refractivity contribution in [3.8, 4) is 0 Å². The summed E-state index contributed by atoms with van der Waals surface area (Å²) in [6.07, 6.45) is -0.676. The molecular formula is C16H17Cl2N3O3. The van der Waals surface area contributed by atoms with Gasteiger partial charge in [0, 0.05) is 5.39 Å². The van der Waals surface area contributed by atoms with E-state index in [0.717, 1.165) is 0 Å². The van der Waals surface area contributed by atoms with Crippen molar-refractivity contribution in [1.29, 1.82) is 0 Å². The van der Waals surface area contributed by atoms with Gasteiger partial charge in [-0.1, -0.05) is 37.0 Å². The number of nitrogens with one attached hydrogen (secondary N) is 2. The van der Waals surface area contributed by atoms with Crippen LogP contribution in [0.4, 0.5) is 10.6 Å². The Morgan fingerprint density at radius 2 is 1.79 bits per heavy atom. The number of anilines is 1. The van der Waals surface area contributed by atoms with E-state index >= 15 is 0 Å². The van der Waals surface area contributed by atoms with Crippen LogP contribution in [0, 0.1) is 5.92 Å². The van der Waals surface area contributed by atoms with Crippen LogP contribution >= 0.6 is 23.2 Å². The third-order valence-corrected chi connectivity index (χ3v) is 4.05. The quantitative estimate of drug-likeness (QED) is 0.857. The highest BCUT2D eigenvalue weighted by molar-refractivity contribution is 6.39. The molecule has 2 aromatic rings. The largest absolute Gasteiger partial charge is 0.453 e. The van der Waals surface area contributed by atoms with Gasteiger partial charge in [-0.2, -0.15) is 0 Å². The van der Waals surface area contributed by atoms with Crippen molar-refractivity contribution in [3.05, 3.63) is 34.3 Å². The number of methoxy groups -OCH3 is 1. The van der Waals surface area contributed by atoms with Crippen LogP contribution in [-0.4, -0.2) is 30.1 Å². The molecule has 2 amide bonds. The van der Waals surface area contributed by atoms with Crippen LogP contribution in [0.1, 0.15) is 13.8 Å².